The molecule has 2 aromatic heterocycles. The highest BCUT2D eigenvalue weighted by Crippen LogP contribution is 2.13. The number of rotatable bonds is 4. The number of nitrogens with zero attached hydrogens (tertiary/aromatic N) is 4. The van der Waals surface area contributed by atoms with E-state index in [1.54, 1.807) is 6.20 Å². The average Bonchev–Trinajstić information content (AvgIpc) is 2.99. The fraction of sp³-hybridized carbons (Fsp3) is 0.583. The number of nitrogens with one attached hydrogen (secondary N) is 1. The molecule has 7 nitrogen and oxygen atoms in total. The second-order valence-corrected chi connectivity index (χ2v) is 4.77. The highest BCUT2D eigenvalue weighted by Gasteiger charge is 2.19. The Morgan fingerprint density at radius 2 is 2.37 bits per heavy atom. The molecule has 0 aromatic carbocycles. The Bertz CT molecular complexity index is 543. The van der Waals surface area contributed by atoms with E-state index in [1.807, 2.05) is 18.5 Å². The summed E-state index contributed by atoms with van der Waals surface area (Å²) in [5, 5.41) is 15.2. The van der Waals surface area contributed by atoms with Crippen LogP contribution in [0.4, 0.5) is 0 Å². The van der Waals surface area contributed by atoms with Crippen LogP contribution in [0.1, 0.15) is 22.7 Å². The third-order valence-corrected chi connectivity index (χ3v) is 3.40. The van der Waals surface area contributed by atoms with Gasteiger partial charge in [-0.2, -0.15) is 0 Å². The van der Waals surface area contributed by atoms with Gasteiger partial charge in [-0.15, -0.1) is 5.10 Å². The molecule has 0 saturated heterocycles. The summed E-state index contributed by atoms with van der Waals surface area (Å²) in [6.45, 7) is 6.70. The van der Waals surface area contributed by atoms with Crippen LogP contribution in [0.5, 0.6) is 0 Å². The first-order valence-electron chi connectivity index (χ1n) is 6.35. The normalized spacial score (nSPS) is 18.5. The molecule has 0 spiro atoms. The van der Waals surface area contributed by atoms with Gasteiger partial charge >= 0.3 is 0 Å². The van der Waals surface area contributed by atoms with E-state index in [0.717, 1.165) is 42.3 Å². The molecule has 1 atom stereocenters. The van der Waals surface area contributed by atoms with Crippen LogP contribution in [-0.2, 0) is 24.4 Å². The third kappa shape index (κ3) is 2.52. The molecule has 0 fully saturated rings. The first-order valence-corrected chi connectivity index (χ1v) is 6.35. The zero-order valence-corrected chi connectivity index (χ0v) is 11.1. The summed E-state index contributed by atoms with van der Waals surface area (Å²) in [6.07, 6.45) is 1.86. The second kappa shape index (κ2) is 5.10. The molecule has 7 heteroatoms. The van der Waals surface area contributed by atoms with Gasteiger partial charge in [-0.1, -0.05) is 10.4 Å². The molecule has 3 heterocycles. The lowest BCUT2D eigenvalue weighted by Gasteiger charge is -2.23. The van der Waals surface area contributed by atoms with Crippen LogP contribution in [0.3, 0.4) is 0 Å². The molecule has 1 N–H and O–H groups in total. The van der Waals surface area contributed by atoms with Crippen molar-refractivity contribution in [2.24, 2.45) is 0 Å². The summed E-state index contributed by atoms with van der Waals surface area (Å²) in [5.74, 6) is 0.869. The SMILES string of the molecule is Cc1noc(C)c1CNC[C@H]1Cn2nncc2CO1. The topological polar surface area (TPSA) is 78.0 Å². The predicted molar refractivity (Wildman–Crippen MR) is 66.3 cm³/mol. The van der Waals surface area contributed by atoms with Gasteiger partial charge in [-0.3, -0.25) is 0 Å². The Morgan fingerprint density at radius 3 is 3.16 bits per heavy atom. The van der Waals surface area contributed by atoms with Gasteiger partial charge in [0, 0.05) is 18.7 Å². The largest absolute Gasteiger partial charge is 0.369 e. The fourth-order valence-corrected chi connectivity index (χ4v) is 2.23. The molecule has 0 bridgehead atoms. The van der Waals surface area contributed by atoms with Gasteiger partial charge in [-0.05, 0) is 13.8 Å². The number of fused-ring (bicyclic) bond motifs is 1. The smallest absolute Gasteiger partial charge is 0.138 e. The number of aryl methyl sites for hydroxylation is 2. The molecule has 0 saturated carbocycles. The molecule has 0 radical (unpaired) electrons. The van der Waals surface area contributed by atoms with Crippen molar-refractivity contribution < 1.29 is 9.26 Å². The lowest BCUT2D eigenvalue weighted by atomic mass is 10.2. The zero-order chi connectivity index (χ0) is 13.2. The van der Waals surface area contributed by atoms with E-state index in [4.69, 9.17) is 9.26 Å². The number of hydrogen-bond donors (Lipinski definition) is 1. The highest BCUT2D eigenvalue weighted by atomic mass is 16.5. The Balaban J connectivity index is 1.51. The van der Waals surface area contributed by atoms with Crippen LogP contribution in [0.25, 0.3) is 0 Å². The molecule has 102 valence electrons. The lowest BCUT2D eigenvalue weighted by Crippen LogP contribution is -2.36. The minimum Gasteiger partial charge on any atom is -0.369 e. The highest BCUT2D eigenvalue weighted by molar-refractivity contribution is 5.20. The van der Waals surface area contributed by atoms with Crippen molar-refractivity contribution in [3.63, 3.8) is 0 Å². The number of aromatic nitrogens is 4. The Morgan fingerprint density at radius 1 is 1.47 bits per heavy atom. The molecule has 19 heavy (non-hydrogen) atoms. The number of hydrogen-bond acceptors (Lipinski definition) is 6. The third-order valence-electron chi connectivity index (χ3n) is 3.40. The van der Waals surface area contributed by atoms with Gasteiger partial charge in [0.25, 0.3) is 0 Å². The van der Waals surface area contributed by atoms with E-state index < -0.39 is 0 Å². The van der Waals surface area contributed by atoms with E-state index in [0.29, 0.717) is 6.61 Å². The van der Waals surface area contributed by atoms with Crippen molar-refractivity contribution in [3.8, 4) is 0 Å². The standard InChI is InChI=1S/C12H17N5O2/c1-8-12(9(2)19-15-8)5-13-4-11-6-17-10(7-18-11)3-14-16-17/h3,11,13H,4-7H2,1-2H3/t11-/m0/s1. The van der Waals surface area contributed by atoms with Crippen LogP contribution in [0.15, 0.2) is 10.7 Å². The van der Waals surface area contributed by atoms with Crippen molar-refractivity contribution in [2.45, 2.75) is 39.6 Å². The maximum absolute atomic E-state index is 5.74. The van der Waals surface area contributed by atoms with Crippen molar-refractivity contribution in [2.75, 3.05) is 6.54 Å². The maximum Gasteiger partial charge on any atom is 0.138 e. The first kappa shape index (κ1) is 12.3. The molecule has 0 amide bonds. The van der Waals surface area contributed by atoms with E-state index >= 15 is 0 Å². The van der Waals surface area contributed by atoms with Gasteiger partial charge in [0.05, 0.1) is 36.8 Å². The Kier molecular flexibility index (Phi) is 3.31. The van der Waals surface area contributed by atoms with Gasteiger partial charge in [0.1, 0.15) is 5.76 Å². The molecule has 0 unspecified atom stereocenters. The van der Waals surface area contributed by atoms with Crippen molar-refractivity contribution >= 4 is 0 Å². The van der Waals surface area contributed by atoms with Gasteiger partial charge in [0.15, 0.2) is 0 Å². The summed E-state index contributed by atoms with van der Waals surface area (Å²) < 4.78 is 12.8. The predicted octanol–water partition coefficient (Wildman–Crippen LogP) is 0.572. The summed E-state index contributed by atoms with van der Waals surface area (Å²) in [4.78, 5) is 0. The Hall–Kier alpha value is -1.73. The molecular formula is C12H17N5O2. The fourth-order valence-electron chi connectivity index (χ4n) is 2.23. The van der Waals surface area contributed by atoms with E-state index in [2.05, 4.69) is 20.8 Å². The molecular weight excluding hydrogens is 246 g/mol. The molecule has 0 aliphatic carbocycles. The molecule has 1 aliphatic heterocycles. The molecule has 2 aromatic rings. The average molecular weight is 263 g/mol. The van der Waals surface area contributed by atoms with Crippen LogP contribution >= 0.6 is 0 Å². The van der Waals surface area contributed by atoms with Crippen LogP contribution in [-0.4, -0.2) is 32.8 Å². The van der Waals surface area contributed by atoms with E-state index in [9.17, 15) is 0 Å². The zero-order valence-electron chi connectivity index (χ0n) is 11.1. The number of ether oxygens (including phenoxy) is 1. The van der Waals surface area contributed by atoms with E-state index in [1.165, 1.54) is 0 Å². The summed E-state index contributed by atoms with van der Waals surface area (Å²) >= 11 is 0. The summed E-state index contributed by atoms with van der Waals surface area (Å²) in [7, 11) is 0. The lowest BCUT2D eigenvalue weighted by molar-refractivity contribution is 0.000960. The van der Waals surface area contributed by atoms with E-state index in [-0.39, 0.29) is 6.10 Å². The second-order valence-electron chi connectivity index (χ2n) is 4.77. The van der Waals surface area contributed by atoms with Gasteiger partial charge < -0.3 is 14.6 Å². The minimum absolute atomic E-state index is 0.120. The minimum atomic E-state index is 0.120. The quantitative estimate of drug-likeness (QED) is 0.869. The molecule has 3 rings (SSSR count). The van der Waals surface area contributed by atoms with Crippen molar-refractivity contribution in [3.05, 3.63) is 28.9 Å². The Labute approximate surface area is 110 Å². The van der Waals surface area contributed by atoms with Crippen molar-refractivity contribution in [1.29, 1.82) is 0 Å². The monoisotopic (exact) mass is 263 g/mol. The van der Waals surface area contributed by atoms with Crippen LogP contribution < -0.4 is 5.32 Å². The first-order chi connectivity index (χ1) is 9.24. The van der Waals surface area contributed by atoms with Gasteiger partial charge in [0.2, 0.25) is 0 Å². The van der Waals surface area contributed by atoms with Crippen LogP contribution in [0, 0.1) is 13.8 Å². The summed E-state index contributed by atoms with van der Waals surface area (Å²) in [5.41, 5.74) is 3.09. The van der Waals surface area contributed by atoms with Gasteiger partial charge in [-0.25, -0.2) is 4.68 Å². The summed E-state index contributed by atoms with van der Waals surface area (Å²) in [6, 6.07) is 0. The maximum atomic E-state index is 5.74. The van der Waals surface area contributed by atoms with Crippen LogP contribution in [0.2, 0.25) is 0 Å². The van der Waals surface area contributed by atoms with Crippen molar-refractivity contribution in [1.82, 2.24) is 25.5 Å². The molecule has 1 aliphatic rings.